The van der Waals surface area contributed by atoms with Gasteiger partial charge in [-0.1, -0.05) is 5.21 Å². The maximum absolute atomic E-state index is 11.8. The van der Waals surface area contributed by atoms with E-state index in [0.717, 1.165) is 6.42 Å². The minimum Gasteiger partial charge on any atom is -0.481 e. The SMILES string of the molecule is O=C(O)[C@H]1CC[C@@H](C(=O)NCCCn2ccnn2)C1. The van der Waals surface area contributed by atoms with Crippen LogP contribution in [-0.2, 0) is 16.1 Å². The highest BCUT2D eigenvalue weighted by atomic mass is 16.4. The van der Waals surface area contributed by atoms with Crippen molar-refractivity contribution < 1.29 is 14.7 Å². The van der Waals surface area contributed by atoms with Gasteiger partial charge < -0.3 is 10.4 Å². The number of carbonyl (C=O) groups is 2. The molecule has 1 fully saturated rings. The molecule has 19 heavy (non-hydrogen) atoms. The molecule has 2 atom stereocenters. The summed E-state index contributed by atoms with van der Waals surface area (Å²) >= 11 is 0. The second-order valence-corrected chi connectivity index (χ2v) is 4.86. The number of aryl methyl sites for hydroxylation is 1. The van der Waals surface area contributed by atoms with Crippen molar-refractivity contribution in [2.75, 3.05) is 6.54 Å². The van der Waals surface area contributed by atoms with E-state index in [0.29, 0.717) is 32.4 Å². The molecule has 7 heteroatoms. The van der Waals surface area contributed by atoms with Crippen LogP contribution in [0.2, 0.25) is 0 Å². The Kier molecular flexibility index (Phi) is 4.48. The molecule has 7 nitrogen and oxygen atoms in total. The van der Waals surface area contributed by atoms with Crippen molar-refractivity contribution in [1.82, 2.24) is 20.3 Å². The summed E-state index contributed by atoms with van der Waals surface area (Å²) in [6, 6.07) is 0. The van der Waals surface area contributed by atoms with Crippen molar-refractivity contribution in [2.45, 2.75) is 32.2 Å². The smallest absolute Gasteiger partial charge is 0.306 e. The largest absolute Gasteiger partial charge is 0.481 e. The molecule has 1 saturated carbocycles. The number of rotatable bonds is 6. The minimum absolute atomic E-state index is 0.0256. The molecule has 1 heterocycles. The van der Waals surface area contributed by atoms with Crippen LogP contribution in [0.3, 0.4) is 0 Å². The van der Waals surface area contributed by atoms with E-state index in [2.05, 4.69) is 15.6 Å². The van der Waals surface area contributed by atoms with E-state index in [4.69, 9.17) is 5.11 Å². The quantitative estimate of drug-likeness (QED) is 0.721. The van der Waals surface area contributed by atoms with Gasteiger partial charge in [0.1, 0.15) is 0 Å². The molecule has 0 aliphatic heterocycles. The van der Waals surface area contributed by atoms with Crippen molar-refractivity contribution in [2.24, 2.45) is 11.8 Å². The molecule has 0 aromatic carbocycles. The van der Waals surface area contributed by atoms with E-state index < -0.39 is 5.97 Å². The minimum atomic E-state index is -0.790. The standard InChI is InChI=1S/C12H18N4O3/c17-11(9-2-3-10(8-9)12(18)19)13-4-1-6-16-7-5-14-15-16/h5,7,9-10H,1-4,6,8H2,(H,13,17)(H,18,19)/t9-,10+/m1/s1. The fourth-order valence-electron chi connectivity index (χ4n) is 2.39. The van der Waals surface area contributed by atoms with Gasteiger partial charge in [-0.25, -0.2) is 0 Å². The number of nitrogens with one attached hydrogen (secondary N) is 1. The van der Waals surface area contributed by atoms with Gasteiger partial charge in [0.2, 0.25) is 5.91 Å². The number of amides is 1. The van der Waals surface area contributed by atoms with Gasteiger partial charge in [0.15, 0.2) is 0 Å². The highest BCUT2D eigenvalue weighted by Crippen LogP contribution is 2.30. The van der Waals surface area contributed by atoms with E-state index in [1.807, 2.05) is 0 Å². The molecule has 0 saturated heterocycles. The zero-order valence-electron chi connectivity index (χ0n) is 10.7. The maximum atomic E-state index is 11.8. The first-order valence-corrected chi connectivity index (χ1v) is 6.51. The number of hydrogen-bond donors (Lipinski definition) is 2. The molecule has 1 aliphatic carbocycles. The average molecular weight is 266 g/mol. The molecule has 2 N–H and O–H groups in total. The number of carboxylic acid groups (broad SMARTS) is 1. The summed E-state index contributed by atoms with van der Waals surface area (Å²) in [6.07, 6.45) is 5.91. The zero-order chi connectivity index (χ0) is 13.7. The van der Waals surface area contributed by atoms with E-state index >= 15 is 0 Å². The van der Waals surface area contributed by atoms with E-state index in [1.165, 1.54) is 0 Å². The monoisotopic (exact) mass is 266 g/mol. The molecule has 1 aromatic rings. The Morgan fingerprint density at radius 3 is 2.79 bits per heavy atom. The summed E-state index contributed by atoms with van der Waals surface area (Å²) in [5, 5.41) is 19.3. The normalized spacial score (nSPS) is 22.3. The van der Waals surface area contributed by atoms with Gasteiger partial charge in [-0.15, -0.1) is 5.10 Å². The average Bonchev–Trinajstić information content (AvgIpc) is 3.05. The summed E-state index contributed by atoms with van der Waals surface area (Å²) in [6.45, 7) is 1.29. The van der Waals surface area contributed by atoms with Crippen molar-refractivity contribution in [3.05, 3.63) is 12.4 Å². The molecule has 2 rings (SSSR count). The van der Waals surface area contributed by atoms with Gasteiger partial charge in [-0.05, 0) is 25.7 Å². The molecule has 0 unspecified atom stereocenters. The lowest BCUT2D eigenvalue weighted by atomic mass is 10.0. The van der Waals surface area contributed by atoms with Crippen molar-refractivity contribution in [1.29, 1.82) is 0 Å². The Morgan fingerprint density at radius 1 is 1.37 bits per heavy atom. The van der Waals surface area contributed by atoms with Gasteiger partial charge in [0.25, 0.3) is 0 Å². The summed E-state index contributed by atoms with van der Waals surface area (Å²) in [4.78, 5) is 22.7. The van der Waals surface area contributed by atoms with Crippen molar-refractivity contribution in [3.8, 4) is 0 Å². The lowest BCUT2D eigenvalue weighted by Crippen LogP contribution is -2.31. The van der Waals surface area contributed by atoms with E-state index in [9.17, 15) is 9.59 Å². The molecular weight excluding hydrogens is 248 g/mol. The lowest BCUT2D eigenvalue weighted by molar-refractivity contribution is -0.141. The maximum Gasteiger partial charge on any atom is 0.306 e. The second kappa shape index (κ2) is 6.31. The summed E-state index contributed by atoms with van der Waals surface area (Å²) < 4.78 is 1.71. The van der Waals surface area contributed by atoms with Crippen LogP contribution >= 0.6 is 0 Å². The molecule has 1 amide bonds. The Hall–Kier alpha value is -1.92. The van der Waals surface area contributed by atoms with Crippen LogP contribution in [-0.4, -0.2) is 38.5 Å². The third kappa shape index (κ3) is 3.77. The number of aliphatic carboxylic acids is 1. The first kappa shape index (κ1) is 13.5. The number of aromatic nitrogens is 3. The fraction of sp³-hybridized carbons (Fsp3) is 0.667. The molecule has 0 bridgehead atoms. The molecule has 1 aromatic heterocycles. The van der Waals surface area contributed by atoms with Crippen LogP contribution in [0.1, 0.15) is 25.7 Å². The van der Waals surface area contributed by atoms with Crippen LogP contribution < -0.4 is 5.32 Å². The third-order valence-corrected chi connectivity index (χ3v) is 3.49. The summed E-state index contributed by atoms with van der Waals surface area (Å²) in [7, 11) is 0. The topological polar surface area (TPSA) is 97.1 Å². The summed E-state index contributed by atoms with van der Waals surface area (Å²) in [5.41, 5.74) is 0. The highest BCUT2D eigenvalue weighted by Gasteiger charge is 2.33. The number of carbonyl (C=O) groups excluding carboxylic acids is 1. The first-order valence-electron chi connectivity index (χ1n) is 6.51. The van der Waals surface area contributed by atoms with Crippen molar-refractivity contribution in [3.63, 3.8) is 0 Å². The molecule has 0 spiro atoms. The lowest BCUT2D eigenvalue weighted by Gasteiger charge is -2.10. The number of nitrogens with zero attached hydrogens (tertiary/aromatic N) is 3. The van der Waals surface area contributed by atoms with Crippen LogP contribution in [0.25, 0.3) is 0 Å². The van der Waals surface area contributed by atoms with Gasteiger partial charge >= 0.3 is 5.97 Å². The third-order valence-electron chi connectivity index (χ3n) is 3.49. The number of carboxylic acids is 1. The second-order valence-electron chi connectivity index (χ2n) is 4.86. The van der Waals surface area contributed by atoms with Gasteiger partial charge in [-0.3, -0.25) is 14.3 Å². The van der Waals surface area contributed by atoms with E-state index in [-0.39, 0.29) is 17.7 Å². The predicted octanol–water partition coefficient (Wildman–Crippen LogP) is 0.285. The Morgan fingerprint density at radius 2 is 2.16 bits per heavy atom. The van der Waals surface area contributed by atoms with Crippen molar-refractivity contribution >= 4 is 11.9 Å². The fourth-order valence-corrected chi connectivity index (χ4v) is 2.39. The van der Waals surface area contributed by atoms with Crippen LogP contribution in [0.5, 0.6) is 0 Å². The van der Waals surface area contributed by atoms with Crippen LogP contribution in [0.4, 0.5) is 0 Å². The van der Waals surface area contributed by atoms with Crippen LogP contribution in [0.15, 0.2) is 12.4 Å². The van der Waals surface area contributed by atoms with Gasteiger partial charge in [-0.2, -0.15) is 0 Å². The zero-order valence-corrected chi connectivity index (χ0v) is 10.7. The molecule has 0 radical (unpaired) electrons. The highest BCUT2D eigenvalue weighted by molar-refractivity contribution is 5.80. The number of hydrogen-bond acceptors (Lipinski definition) is 4. The molecular formula is C12H18N4O3. The van der Waals surface area contributed by atoms with Gasteiger partial charge in [0, 0.05) is 25.2 Å². The predicted molar refractivity (Wildman–Crippen MR) is 66.1 cm³/mol. The Balaban J connectivity index is 1.63. The summed E-state index contributed by atoms with van der Waals surface area (Å²) in [5.74, 6) is -1.32. The van der Waals surface area contributed by atoms with E-state index in [1.54, 1.807) is 17.1 Å². The van der Waals surface area contributed by atoms with Crippen LogP contribution in [0, 0.1) is 11.8 Å². The Labute approximate surface area is 111 Å². The Bertz CT molecular complexity index is 432. The first-order chi connectivity index (χ1) is 9.16. The van der Waals surface area contributed by atoms with Gasteiger partial charge in [0.05, 0.1) is 12.1 Å². The molecule has 104 valence electrons. The molecule has 1 aliphatic rings.